The Morgan fingerprint density at radius 2 is 1.85 bits per heavy atom. The fourth-order valence-electron chi connectivity index (χ4n) is 4.25. The highest BCUT2D eigenvalue weighted by Crippen LogP contribution is 2.40. The molecule has 7 nitrogen and oxygen atoms in total. The number of pyridine rings is 1. The molecule has 34 heavy (non-hydrogen) atoms. The average Bonchev–Trinajstić information content (AvgIpc) is 2.84. The third kappa shape index (κ3) is 4.07. The van der Waals surface area contributed by atoms with Gasteiger partial charge in [-0.15, -0.1) is 0 Å². The Labute approximate surface area is 195 Å². The van der Waals surface area contributed by atoms with E-state index in [1.807, 2.05) is 26.0 Å². The molecule has 2 atom stereocenters. The molecule has 1 aromatic carbocycles. The van der Waals surface area contributed by atoms with Crippen molar-refractivity contribution in [3.8, 4) is 17.1 Å². The number of hydrogen-bond donors (Lipinski definition) is 0. The van der Waals surface area contributed by atoms with Crippen LogP contribution in [0.25, 0.3) is 22.4 Å². The first-order chi connectivity index (χ1) is 16.4. The quantitative estimate of drug-likeness (QED) is 0.420. The minimum atomic E-state index is -0.712. The maximum atomic E-state index is 14.8. The Morgan fingerprint density at radius 3 is 2.65 bits per heavy atom. The highest BCUT2D eigenvalue weighted by molar-refractivity contribution is 5.87. The van der Waals surface area contributed by atoms with Crippen molar-refractivity contribution in [2.45, 2.75) is 38.7 Å². The summed E-state index contributed by atoms with van der Waals surface area (Å²) in [5.41, 5.74) is 3.51. The van der Waals surface area contributed by atoms with Crippen LogP contribution < -0.4 is 4.74 Å². The van der Waals surface area contributed by atoms with E-state index >= 15 is 0 Å². The summed E-state index contributed by atoms with van der Waals surface area (Å²) in [6.07, 6.45) is 2.70. The minimum Gasteiger partial charge on any atom is -0.481 e. The number of aromatic nitrogens is 5. The molecule has 1 fully saturated rings. The first kappa shape index (κ1) is 22.2. The molecule has 0 radical (unpaired) electrons. The number of fused-ring (bicyclic) bond motifs is 1. The van der Waals surface area contributed by atoms with Gasteiger partial charge in [-0.1, -0.05) is 0 Å². The van der Waals surface area contributed by atoms with Crippen molar-refractivity contribution in [2.24, 2.45) is 0 Å². The summed E-state index contributed by atoms with van der Waals surface area (Å²) in [7, 11) is 1.57. The maximum Gasteiger partial charge on any atom is 0.218 e. The van der Waals surface area contributed by atoms with Crippen LogP contribution in [-0.4, -0.2) is 38.6 Å². The van der Waals surface area contributed by atoms with E-state index in [0.29, 0.717) is 53.7 Å². The zero-order valence-corrected chi connectivity index (χ0v) is 19.0. The maximum absolute atomic E-state index is 14.8. The number of nitrogens with zero attached hydrogens (tertiary/aromatic N) is 5. The van der Waals surface area contributed by atoms with Crippen LogP contribution in [0.5, 0.6) is 5.88 Å². The summed E-state index contributed by atoms with van der Waals surface area (Å²) in [6, 6.07) is 7.20. The standard InChI is InChI=1S/C25H23F2N5O2/c1-13-14(2)30-24-22(29-13)21(17-7-6-16(26)12-19(17)27)31-23(32-24)15-8-10-34-20(11-15)18-5-4-9-28-25(18)33-3/h4-7,9,12,15,20H,8,10-11H2,1-3H3/t15-,20+/m1/s1. The first-order valence-electron chi connectivity index (χ1n) is 11.0. The highest BCUT2D eigenvalue weighted by Gasteiger charge is 2.30. The topological polar surface area (TPSA) is 82.9 Å². The molecule has 1 aliphatic rings. The van der Waals surface area contributed by atoms with E-state index in [9.17, 15) is 8.78 Å². The van der Waals surface area contributed by atoms with Gasteiger partial charge >= 0.3 is 0 Å². The van der Waals surface area contributed by atoms with Gasteiger partial charge in [-0.3, -0.25) is 0 Å². The molecule has 174 valence electrons. The molecule has 5 rings (SSSR count). The largest absolute Gasteiger partial charge is 0.481 e. The van der Waals surface area contributed by atoms with Crippen molar-refractivity contribution in [1.82, 2.24) is 24.9 Å². The van der Waals surface area contributed by atoms with E-state index in [0.717, 1.165) is 17.3 Å². The van der Waals surface area contributed by atoms with Crippen molar-refractivity contribution in [3.05, 3.63) is 70.9 Å². The molecular formula is C25H23F2N5O2. The number of halogens is 2. The third-order valence-electron chi connectivity index (χ3n) is 6.14. The third-order valence-corrected chi connectivity index (χ3v) is 6.14. The Bertz CT molecular complexity index is 1380. The van der Waals surface area contributed by atoms with Crippen LogP contribution in [0.2, 0.25) is 0 Å². The van der Waals surface area contributed by atoms with Crippen LogP contribution in [0.15, 0.2) is 36.5 Å². The van der Waals surface area contributed by atoms with Crippen molar-refractivity contribution < 1.29 is 18.3 Å². The van der Waals surface area contributed by atoms with Gasteiger partial charge in [0.15, 0.2) is 5.65 Å². The lowest BCUT2D eigenvalue weighted by Crippen LogP contribution is -2.21. The Morgan fingerprint density at radius 1 is 1.03 bits per heavy atom. The van der Waals surface area contributed by atoms with Gasteiger partial charge in [0.05, 0.1) is 24.6 Å². The predicted octanol–water partition coefficient (Wildman–Crippen LogP) is 5.02. The molecule has 4 heterocycles. The van der Waals surface area contributed by atoms with Gasteiger partial charge in [-0.2, -0.15) is 0 Å². The van der Waals surface area contributed by atoms with Gasteiger partial charge in [0.2, 0.25) is 5.88 Å². The Balaban J connectivity index is 1.61. The molecule has 3 aromatic heterocycles. The van der Waals surface area contributed by atoms with E-state index in [1.165, 1.54) is 12.1 Å². The van der Waals surface area contributed by atoms with Gasteiger partial charge in [0.1, 0.15) is 28.7 Å². The highest BCUT2D eigenvalue weighted by atomic mass is 19.1. The average molecular weight is 463 g/mol. The molecule has 0 spiro atoms. The molecule has 9 heteroatoms. The van der Waals surface area contributed by atoms with Gasteiger partial charge in [0.25, 0.3) is 0 Å². The number of ether oxygens (including phenoxy) is 2. The van der Waals surface area contributed by atoms with E-state index in [-0.39, 0.29) is 17.6 Å². The van der Waals surface area contributed by atoms with E-state index in [1.54, 1.807) is 13.3 Å². The zero-order chi connectivity index (χ0) is 23.8. The molecule has 0 N–H and O–H groups in total. The first-order valence-corrected chi connectivity index (χ1v) is 11.0. The molecular weight excluding hydrogens is 440 g/mol. The number of methoxy groups -OCH3 is 1. The lowest BCUT2D eigenvalue weighted by molar-refractivity contribution is 0.00243. The van der Waals surface area contributed by atoms with Crippen molar-refractivity contribution >= 4 is 11.2 Å². The second-order valence-corrected chi connectivity index (χ2v) is 8.30. The Kier molecular flexibility index (Phi) is 5.87. The number of benzene rings is 1. The number of hydrogen-bond acceptors (Lipinski definition) is 7. The van der Waals surface area contributed by atoms with E-state index in [2.05, 4.69) is 15.0 Å². The number of aryl methyl sites for hydroxylation is 2. The predicted molar refractivity (Wildman–Crippen MR) is 121 cm³/mol. The Hall–Kier alpha value is -3.59. The van der Waals surface area contributed by atoms with Crippen LogP contribution in [-0.2, 0) is 4.74 Å². The zero-order valence-electron chi connectivity index (χ0n) is 19.0. The van der Waals surface area contributed by atoms with Gasteiger partial charge in [-0.05, 0) is 51.0 Å². The van der Waals surface area contributed by atoms with E-state index < -0.39 is 11.6 Å². The second-order valence-electron chi connectivity index (χ2n) is 8.30. The van der Waals surface area contributed by atoms with Crippen LogP contribution >= 0.6 is 0 Å². The number of rotatable bonds is 4. The summed E-state index contributed by atoms with van der Waals surface area (Å²) in [5.74, 6) is -0.399. The molecule has 4 aromatic rings. The molecule has 0 saturated carbocycles. The summed E-state index contributed by atoms with van der Waals surface area (Å²) < 4.78 is 39.8. The summed E-state index contributed by atoms with van der Waals surface area (Å²) in [6.45, 7) is 4.17. The normalized spacial score (nSPS) is 18.3. The van der Waals surface area contributed by atoms with Gasteiger partial charge < -0.3 is 9.47 Å². The SMILES string of the molecule is COc1ncccc1[C@@H]1C[C@H](c2nc(-c3ccc(F)cc3F)c3nc(C)c(C)nc3n2)CCO1. The van der Waals surface area contributed by atoms with Crippen molar-refractivity contribution in [2.75, 3.05) is 13.7 Å². The molecule has 0 unspecified atom stereocenters. The second kappa shape index (κ2) is 8.98. The summed E-state index contributed by atoms with van der Waals surface area (Å²) in [5, 5.41) is 0. The fraction of sp³-hybridized carbons (Fsp3) is 0.320. The monoisotopic (exact) mass is 463 g/mol. The van der Waals surface area contributed by atoms with Crippen molar-refractivity contribution in [3.63, 3.8) is 0 Å². The van der Waals surface area contributed by atoms with Crippen LogP contribution in [0.1, 0.15) is 47.6 Å². The molecule has 0 amide bonds. The smallest absolute Gasteiger partial charge is 0.218 e. The van der Waals surface area contributed by atoms with E-state index in [4.69, 9.17) is 19.4 Å². The van der Waals surface area contributed by atoms with Gasteiger partial charge in [0, 0.05) is 35.9 Å². The van der Waals surface area contributed by atoms with Gasteiger partial charge in [-0.25, -0.2) is 33.7 Å². The summed E-state index contributed by atoms with van der Waals surface area (Å²) in [4.78, 5) is 22.9. The lowest BCUT2D eigenvalue weighted by Gasteiger charge is -2.29. The summed E-state index contributed by atoms with van der Waals surface area (Å²) >= 11 is 0. The van der Waals surface area contributed by atoms with Crippen molar-refractivity contribution in [1.29, 1.82) is 0 Å². The van der Waals surface area contributed by atoms with Crippen LogP contribution in [0.4, 0.5) is 8.78 Å². The fourth-order valence-corrected chi connectivity index (χ4v) is 4.25. The molecule has 0 bridgehead atoms. The minimum absolute atomic E-state index is 0.0706. The molecule has 1 aliphatic heterocycles. The van der Waals surface area contributed by atoms with Crippen LogP contribution in [0.3, 0.4) is 0 Å². The lowest BCUT2D eigenvalue weighted by atomic mass is 9.91. The molecule has 1 saturated heterocycles. The van der Waals surface area contributed by atoms with Crippen LogP contribution in [0, 0.1) is 25.5 Å². The molecule has 0 aliphatic carbocycles.